The summed E-state index contributed by atoms with van der Waals surface area (Å²) in [6.45, 7) is 0. The summed E-state index contributed by atoms with van der Waals surface area (Å²) in [5.74, 6) is -1.65. The van der Waals surface area contributed by atoms with Gasteiger partial charge in [0.1, 0.15) is 17.4 Å². The van der Waals surface area contributed by atoms with Gasteiger partial charge in [0.2, 0.25) is 0 Å². The summed E-state index contributed by atoms with van der Waals surface area (Å²) in [6, 6.07) is 17.8. The van der Waals surface area contributed by atoms with Crippen LogP contribution >= 0.6 is 0 Å². The number of halogens is 2. The second-order valence-electron chi connectivity index (χ2n) is 5.07. The molecule has 0 aliphatic heterocycles. The minimum Gasteiger partial charge on any atom is -0.455 e. The van der Waals surface area contributed by atoms with Gasteiger partial charge >= 0.3 is 0 Å². The van der Waals surface area contributed by atoms with E-state index in [1.807, 2.05) is 6.07 Å². The van der Waals surface area contributed by atoms with E-state index in [1.54, 1.807) is 42.5 Å². The Labute approximate surface area is 143 Å². The standard InChI is InChI=1S/C18H13F2NO3S/c19-14-9-6-10-15(20)18(14)25(22,23)21-16-11-4-5-12-17(16)24-13-7-2-1-3-8-13/h1-12,21H. The highest BCUT2D eigenvalue weighted by atomic mass is 32.2. The summed E-state index contributed by atoms with van der Waals surface area (Å²) in [5, 5.41) is 0. The van der Waals surface area contributed by atoms with Crippen molar-refractivity contribution < 1.29 is 21.9 Å². The second-order valence-corrected chi connectivity index (χ2v) is 6.69. The molecule has 0 fully saturated rings. The van der Waals surface area contributed by atoms with Crippen LogP contribution in [0, 0.1) is 11.6 Å². The topological polar surface area (TPSA) is 55.4 Å². The Morgan fingerprint density at radius 1 is 0.760 bits per heavy atom. The average Bonchev–Trinajstić information content (AvgIpc) is 2.57. The van der Waals surface area contributed by atoms with Gasteiger partial charge in [-0.05, 0) is 36.4 Å². The molecule has 0 saturated carbocycles. The van der Waals surface area contributed by atoms with Crippen LogP contribution in [0.15, 0.2) is 77.7 Å². The van der Waals surface area contributed by atoms with Gasteiger partial charge in [-0.15, -0.1) is 0 Å². The van der Waals surface area contributed by atoms with E-state index >= 15 is 0 Å². The van der Waals surface area contributed by atoms with Crippen LogP contribution < -0.4 is 9.46 Å². The maximum absolute atomic E-state index is 13.8. The SMILES string of the molecule is O=S(=O)(Nc1ccccc1Oc1ccccc1)c1c(F)cccc1F. The fraction of sp³-hybridized carbons (Fsp3) is 0. The molecule has 0 atom stereocenters. The highest BCUT2D eigenvalue weighted by Gasteiger charge is 2.25. The van der Waals surface area contributed by atoms with E-state index in [4.69, 9.17) is 4.74 Å². The Hall–Kier alpha value is -2.93. The number of ether oxygens (including phenoxy) is 1. The molecule has 0 amide bonds. The van der Waals surface area contributed by atoms with Crippen LogP contribution in [0.25, 0.3) is 0 Å². The lowest BCUT2D eigenvalue weighted by molar-refractivity contribution is 0.484. The molecular formula is C18H13F2NO3S. The predicted octanol–water partition coefficient (Wildman–Crippen LogP) is 4.56. The van der Waals surface area contributed by atoms with Crippen molar-refractivity contribution in [3.8, 4) is 11.5 Å². The first kappa shape index (κ1) is 16.9. The highest BCUT2D eigenvalue weighted by Crippen LogP contribution is 2.31. The Morgan fingerprint density at radius 2 is 1.36 bits per heavy atom. The molecule has 7 heteroatoms. The van der Waals surface area contributed by atoms with Crippen LogP contribution in [0.5, 0.6) is 11.5 Å². The van der Waals surface area contributed by atoms with Crippen molar-refractivity contribution in [1.82, 2.24) is 0 Å². The molecule has 128 valence electrons. The van der Waals surface area contributed by atoms with Crippen LogP contribution in [0.3, 0.4) is 0 Å². The van der Waals surface area contributed by atoms with E-state index in [0.29, 0.717) is 5.75 Å². The average molecular weight is 361 g/mol. The Morgan fingerprint density at radius 3 is 2.04 bits per heavy atom. The molecule has 0 radical (unpaired) electrons. The number of hydrogen-bond donors (Lipinski definition) is 1. The van der Waals surface area contributed by atoms with Gasteiger partial charge in [0.15, 0.2) is 10.6 Å². The Bertz CT molecular complexity index is 972. The lowest BCUT2D eigenvalue weighted by atomic mass is 10.3. The Balaban J connectivity index is 1.96. The summed E-state index contributed by atoms with van der Waals surface area (Å²) in [5.41, 5.74) is 0.0639. The highest BCUT2D eigenvalue weighted by molar-refractivity contribution is 7.92. The van der Waals surface area contributed by atoms with Gasteiger partial charge < -0.3 is 4.74 Å². The molecule has 0 aliphatic carbocycles. The first-order valence-electron chi connectivity index (χ1n) is 7.26. The van der Waals surface area contributed by atoms with Crippen molar-refractivity contribution in [2.45, 2.75) is 4.90 Å². The van der Waals surface area contributed by atoms with Crippen molar-refractivity contribution in [3.05, 3.63) is 84.4 Å². The van der Waals surface area contributed by atoms with Crippen molar-refractivity contribution in [2.24, 2.45) is 0 Å². The first-order valence-corrected chi connectivity index (χ1v) is 8.74. The van der Waals surface area contributed by atoms with E-state index in [-0.39, 0.29) is 11.4 Å². The lowest BCUT2D eigenvalue weighted by Gasteiger charge is -2.14. The number of hydrogen-bond acceptors (Lipinski definition) is 3. The number of para-hydroxylation sites is 3. The zero-order valence-electron chi connectivity index (χ0n) is 12.8. The largest absolute Gasteiger partial charge is 0.455 e. The molecule has 0 heterocycles. The monoisotopic (exact) mass is 361 g/mol. The summed E-state index contributed by atoms with van der Waals surface area (Å²) < 4.78 is 60.2. The number of sulfonamides is 1. The summed E-state index contributed by atoms with van der Waals surface area (Å²) in [6.07, 6.45) is 0. The third kappa shape index (κ3) is 3.77. The smallest absolute Gasteiger partial charge is 0.267 e. The molecule has 0 aromatic heterocycles. The van der Waals surface area contributed by atoms with Gasteiger partial charge in [-0.2, -0.15) is 0 Å². The third-order valence-electron chi connectivity index (χ3n) is 3.29. The molecule has 1 N–H and O–H groups in total. The molecule has 4 nitrogen and oxygen atoms in total. The molecule has 3 aromatic rings. The summed E-state index contributed by atoms with van der Waals surface area (Å²) in [4.78, 5) is -1.04. The van der Waals surface area contributed by atoms with Gasteiger partial charge in [-0.25, -0.2) is 17.2 Å². The van der Waals surface area contributed by atoms with E-state index in [0.717, 1.165) is 18.2 Å². The van der Waals surface area contributed by atoms with E-state index in [2.05, 4.69) is 4.72 Å². The summed E-state index contributed by atoms with van der Waals surface area (Å²) >= 11 is 0. The van der Waals surface area contributed by atoms with Crippen LogP contribution in [0.4, 0.5) is 14.5 Å². The minimum atomic E-state index is -4.47. The zero-order valence-corrected chi connectivity index (χ0v) is 13.6. The molecule has 0 bridgehead atoms. The van der Waals surface area contributed by atoms with Crippen LogP contribution in [-0.2, 0) is 10.0 Å². The predicted molar refractivity (Wildman–Crippen MR) is 90.1 cm³/mol. The van der Waals surface area contributed by atoms with Crippen molar-refractivity contribution in [3.63, 3.8) is 0 Å². The van der Waals surface area contributed by atoms with Gasteiger partial charge in [-0.1, -0.05) is 36.4 Å². The Kier molecular flexibility index (Phi) is 4.67. The number of rotatable bonds is 5. The molecule has 0 unspecified atom stereocenters. The van der Waals surface area contributed by atoms with Gasteiger partial charge in [0, 0.05) is 0 Å². The van der Waals surface area contributed by atoms with Crippen molar-refractivity contribution in [1.29, 1.82) is 0 Å². The molecular weight excluding hydrogens is 348 g/mol. The fourth-order valence-corrected chi connectivity index (χ4v) is 3.40. The third-order valence-corrected chi connectivity index (χ3v) is 4.71. The molecule has 0 spiro atoms. The van der Waals surface area contributed by atoms with Crippen LogP contribution in [0.2, 0.25) is 0 Å². The van der Waals surface area contributed by atoms with E-state index in [9.17, 15) is 17.2 Å². The number of nitrogens with one attached hydrogen (secondary N) is 1. The first-order chi connectivity index (χ1) is 12.0. The fourth-order valence-electron chi connectivity index (χ4n) is 2.19. The normalized spacial score (nSPS) is 11.1. The minimum absolute atomic E-state index is 0.0639. The molecule has 25 heavy (non-hydrogen) atoms. The maximum atomic E-state index is 13.8. The maximum Gasteiger partial charge on any atom is 0.267 e. The van der Waals surface area contributed by atoms with Crippen LogP contribution in [0.1, 0.15) is 0 Å². The number of benzene rings is 3. The second kappa shape index (κ2) is 6.90. The van der Waals surface area contributed by atoms with Gasteiger partial charge in [-0.3, -0.25) is 4.72 Å². The molecule has 3 rings (SSSR count). The van der Waals surface area contributed by atoms with E-state index in [1.165, 1.54) is 6.07 Å². The van der Waals surface area contributed by atoms with Gasteiger partial charge in [0.25, 0.3) is 10.0 Å². The lowest BCUT2D eigenvalue weighted by Crippen LogP contribution is -2.16. The number of anilines is 1. The van der Waals surface area contributed by atoms with Gasteiger partial charge in [0.05, 0.1) is 5.69 Å². The molecule has 0 aliphatic rings. The molecule has 0 saturated heterocycles. The molecule has 3 aromatic carbocycles. The quantitative estimate of drug-likeness (QED) is 0.725. The van der Waals surface area contributed by atoms with Crippen molar-refractivity contribution >= 4 is 15.7 Å². The van der Waals surface area contributed by atoms with E-state index < -0.39 is 26.6 Å². The van der Waals surface area contributed by atoms with Crippen LogP contribution in [-0.4, -0.2) is 8.42 Å². The zero-order chi connectivity index (χ0) is 17.9. The van der Waals surface area contributed by atoms with Crippen molar-refractivity contribution in [2.75, 3.05) is 4.72 Å². The summed E-state index contributed by atoms with van der Waals surface area (Å²) in [7, 11) is -4.47.